The summed E-state index contributed by atoms with van der Waals surface area (Å²) in [5, 5.41) is 0. The third kappa shape index (κ3) is 3.95. The van der Waals surface area contributed by atoms with E-state index in [2.05, 4.69) is 4.72 Å². The molecular formula is C21H23FN2O3S. The molecule has 0 aromatic heterocycles. The summed E-state index contributed by atoms with van der Waals surface area (Å²) in [5.41, 5.74) is 2.25. The molecule has 0 bridgehead atoms. The Morgan fingerprint density at radius 1 is 1.14 bits per heavy atom. The van der Waals surface area contributed by atoms with E-state index in [0.717, 1.165) is 17.4 Å². The van der Waals surface area contributed by atoms with Gasteiger partial charge < -0.3 is 4.90 Å². The quantitative estimate of drug-likeness (QED) is 0.836. The summed E-state index contributed by atoms with van der Waals surface area (Å²) >= 11 is 0. The van der Waals surface area contributed by atoms with E-state index in [1.54, 1.807) is 11.0 Å². The molecule has 2 aromatic rings. The average Bonchev–Trinajstić information content (AvgIpc) is 3.32. The fourth-order valence-corrected chi connectivity index (χ4v) is 4.96. The van der Waals surface area contributed by atoms with Crippen molar-refractivity contribution in [3.8, 4) is 11.1 Å². The van der Waals surface area contributed by atoms with Crippen LogP contribution in [0.2, 0.25) is 0 Å². The largest absolute Gasteiger partial charge is 0.341 e. The maximum Gasteiger partial charge on any atom is 0.226 e. The highest BCUT2D eigenvalue weighted by Gasteiger charge is 2.48. The molecular weight excluding hydrogens is 379 g/mol. The number of carbonyl (C=O) groups is 1. The minimum atomic E-state index is -3.29. The summed E-state index contributed by atoms with van der Waals surface area (Å²) in [6.45, 7) is 0.938. The molecule has 1 saturated carbocycles. The second kappa shape index (κ2) is 7.29. The molecule has 1 saturated heterocycles. The van der Waals surface area contributed by atoms with Gasteiger partial charge in [-0.1, -0.05) is 42.5 Å². The van der Waals surface area contributed by atoms with Gasteiger partial charge in [0.1, 0.15) is 5.82 Å². The van der Waals surface area contributed by atoms with Crippen LogP contribution in [0.25, 0.3) is 11.1 Å². The molecule has 0 spiro atoms. The Morgan fingerprint density at radius 3 is 2.61 bits per heavy atom. The molecule has 3 atom stereocenters. The molecule has 2 fully saturated rings. The Bertz CT molecular complexity index is 994. The monoisotopic (exact) mass is 402 g/mol. The third-order valence-electron chi connectivity index (χ3n) is 5.50. The first-order valence-corrected chi connectivity index (χ1v) is 11.3. The van der Waals surface area contributed by atoms with Crippen molar-refractivity contribution in [2.75, 3.05) is 19.3 Å². The number of amides is 1. The Hall–Kier alpha value is -2.25. The van der Waals surface area contributed by atoms with E-state index in [1.165, 1.54) is 6.07 Å². The first-order chi connectivity index (χ1) is 13.3. The number of sulfonamides is 1. The molecule has 4 rings (SSSR count). The van der Waals surface area contributed by atoms with Crippen LogP contribution in [0, 0.1) is 11.7 Å². The maximum atomic E-state index is 14.6. The van der Waals surface area contributed by atoms with E-state index in [9.17, 15) is 17.6 Å². The third-order valence-corrected chi connectivity index (χ3v) is 6.26. The van der Waals surface area contributed by atoms with E-state index in [0.29, 0.717) is 31.5 Å². The van der Waals surface area contributed by atoms with Gasteiger partial charge in [0, 0.05) is 30.6 Å². The summed E-state index contributed by atoms with van der Waals surface area (Å²) in [7, 11) is -3.29. The minimum Gasteiger partial charge on any atom is -0.341 e. The van der Waals surface area contributed by atoms with Crippen LogP contribution in [0.5, 0.6) is 0 Å². The van der Waals surface area contributed by atoms with Crippen molar-refractivity contribution in [2.24, 2.45) is 5.92 Å². The van der Waals surface area contributed by atoms with Gasteiger partial charge >= 0.3 is 0 Å². The van der Waals surface area contributed by atoms with E-state index in [4.69, 9.17) is 0 Å². The Balaban J connectivity index is 1.50. The zero-order valence-electron chi connectivity index (χ0n) is 15.6. The molecule has 1 amide bonds. The van der Waals surface area contributed by atoms with Crippen LogP contribution in [-0.4, -0.2) is 44.6 Å². The number of nitrogens with one attached hydrogen (secondary N) is 1. The summed E-state index contributed by atoms with van der Waals surface area (Å²) in [6.07, 6.45) is 2.44. The number of hydrogen-bond acceptors (Lipinski definition) is 3. The number of rotatable bonds is 5. The van der Waals surface area contributed by atoms with Gasteiger partial charge in [0.2, 0.25) is 15.9 Å². The summed E-state index contributed by atoms with van der Waals surface area (Å²) in [5.74, 6) is -0.409. The average molecular weight is 402 g/mol. The van der Waals surface area contributed by atoms with Crippen LogP contribution in [0.1, 0.15) is 24.3 Å². The SMILES string of the molecule is CS(=O)(=O)NC1CCN(C(=O)C2CC2c2cccc(F)c2-c2ccccc2)C1. The zero-order valence-corrected chi connectivity index (χ0v) is 16.5. The number of likely N-dealkylation sites (tertiary alicyclic amines) is 1. The van der Waals surface area contributed by atoms with Gasteiger partial charge in [-0.25, -0.2) is 17.5 Å². The highest BCUT2D eigenvalue weighted by molar-refractivity contribution is 7.88. The number of benzene rings is 2. The van der Waals surface area contributed by atoms with Gasteiger partial charge in [-0.2, -0.15) is 0 Å². The lowest BCUT2D eigenvalue weighted by Gasteiger charge is -2.17. The fraction of sp³-hybridized carbons (Fsp3) is 0.381. The lowest BCUT2D eigenvalue weighted by molar-refractivity contribution is -0.131. The number of halogens is 1. The lowest BCUT2D eigenvalue weighted by Crippen LogP contribution is -2.38. The van der Waals surface area contributed by atoms with Crippen LogP contribution in [0.4, 0.5) is 4.39 Å². The Morgan fingerprint density at radius 2 is 1.89 bits per heavy atom. The molecule has 1 heterocycles. The normalized spacial score (nSPS) is 24.4. The molecule has 0 radical (unpaired) electrons. The van der Waals surface area contributed by atoms with Gasteiger partial charge in [0.25, 0.3) is 0 Å². The Labute approximate surface area is 164 Å². The molecule has 148 valence electrons. The molecule has 1 N–H and O–H groups in total. The van der Waals surface area contributed by atoms with Crippen molar-refractivity contribution < 1.29 is 17.6 Å². The molecule has 1 aliphatic heterocycles. The second-order valence-corrected chi connectivity index (χ2v) is 9.46. The minimum absolute atomic E-state index is 0.000299. The smallest absolute Gasteiger partial charge is 0.226 e. The molecule has 2 aliphatic rings. The van der Waals surface area contributed by atoms with Crippen molar-refractivity contribution in [1.29, 1.82) is 0 Å². The maximum absolute atomic E-state index is 14.6. The van der Waals surface area contributed by atoms with Gasteiger partial charge in [-0.3, -0.25) is 4.79 Å². The van der Waals surface area contributed by atoms with Crippen molar-refractivity contribution in [3.05, 3.63) is 59.9 Å². The fourth-order valence-electron chi connectivity index (χ4n) is 4.16. The van der Waals surface area contributed by atoms with Crippen molar-refractivity contribution in [1.82, 2.24) is 9.62 Å². The predicted molar refractivity (Wildman–Crippen MR) is 106 cm³/mol. The van der Waals surface area contributed by atoms with Gasteiger partial charge in [0.05, 0.1) is 6.26 Å². The van der Waals surface area contributed by atoms with Crippen LogP contribution in [0.3, 0.4) is 0 Å². The van der Waals surface area contributed by atoms with E-state index in [1.807, 2.05) is 36.4 Å². The standard InChI is InChI=1S/C21H23FN2O3S/c1-28(26,27)23-15-10-11-24(13-15)21(25)18-12-17(18)16-8-5-9-19(22)20(16)14-6-3-2-4-7-14/h2-9,15,17-18,23H,10-13H2,1H3. The number of hydrogen-bond donors (Lipinski definition) is 1. The van der Waals surface area contributed by atoms with Crippen LogP contribution in [0.15, 0.2) is 48.5 Å². The highest BCUT2D eigenvalue weighted by Crippen LogP contribution is 2.51. The van der Waals surface area contributed by atoms with Crippen molar-refractivity contribution >= 4 is 15.9 Å². The number of carbonyl (C=O) groups excluding carboxylic acids is 1. The number of nitrogens with zero attached hydrogens (tertiary/aromatic N) is 1. The summed E-state index contributed by atoms with van der Waals surface area (Å²) in [4.78, 5) is 14.6. The molecule has 5 nitrogen and oxygen atoms in total. The van der Waals surface area contributed by atoms with Crippen molar-refractivity contribution in [2.45, 2.75) is 24.8 Å². The summed E-state index contributed by atoms with van der Waals surface area (Å²) < 4.78 is 40.0. The van der Waals surface area contributed by atoms with Crippen LogP contribution >= 0.6 is 0 Å². The molecule has 1 aliphatic carbocycles. The summed E-state index contributed by atoms with van der Waals surface area (Å²) in [6, 6.07) is 14.2. The van der Waals surface area contributed by atoms with Crippen molar-refractivity contribution in [3.63, 3.8) is 0 Å². The second-order valence-electron chi connectivity index (χ2n) is 7.68. The van der Waals surface area contributed by atoms with Gasteiger partial charge in [0.15, 0.2) is 0 Å². The van der Waals surface area contributed by atoms with E-state index < -0.39 is 10.0 Å². The van der Waals surface area contributed by atoms with E-state index >= 15 is 0 Å². The van der Waals surface area contributed by atoms with E-state index in [-0.39, 0.29) is 29.6 Å². The van der Waals surface area contributed by atoms with Crippen LogP contribution < -0.4 is 4.72 Å². The first-order valence-electron chi connectivity index (χ1n) is 9.43. The van der Waals surface area contributed by atoms with Crippen LogP contribution in [-0.2, 0) is 14.8 Å². The molecule has 2 aromatic carbocycles. The molecule has 28 heavy (non-hydrogen) atoms. The lowest BCUT2D eigenvalue weighted by atomic mass is 9.95. The first kappa shape index (κ1) is 19.1. The topological polar surface area (TPSA) is 66.5 Å². The van der Waals surface area contributed by atoms with Gasteiger partial charge in [-0.05, 0) is 36.0 Å². The Kier molecular flexibility index (Phi) is 4.97. The predicted octanol–water partition coefficient (Wildman–Crippen LogP) is 2.75. The molecule has 7 heteroatoms. The molecule has 3 unspecified atom stereocenters. The highest BCUT2D eigenvalue weighted by atomic mass is 32.2. The zero-order chi connectivity index (χ0) is 19.9. The van der Waals surface area contributed by atoms with Gasteiger partial charge in [-0.15, -0.1) is 0 Å².